The number of nitrogens with two attached hydrogens (primary N) is 2. The average Bonchev–Trinajstić information content (AvgIpc) is 3.19. The standard InChI is InChI=1S/C34H56N2O/c1-22(2)8-7-9-23(3)28-12-13-29-27-11-10-24-20-26(37-34(6)19-14-25(35)21-31(34)36)15-17-32(24,4)30(27)16-18-33(28,29)5/h8,14,19,21,23-24,26-31H,7,9-13,15-18,20,35-36H2,1-6H3. The molecule has 0 radical (unpaired) electrons. The summed E-state index contributed by atoms with van der Waals surface area (Å²) in [5.41, 5.74) is 15.3. The Morgan fingerprint density at radius 1 is 1.03 bits per heavy atom. The van der Waals surface area contributed by atoms with E-state index in [1.807, 2.05) is 12.2 Å². The Kier molecular flexibility index (Phi) is 7.55. The van der Waals surface area contributed by atoms with E-state index in [1.54, 1.807) is 0 Å². The molecule has 5 aliphatic rings. The van der Waals surface area contributed by atoms with Crippen molar-refractivity contribution in [1.82, 2.24) is 0 Å². The van der Waals surface area contributed by atoms with Crippen LogP contribution >= 0.6 is 0 Å². The topological polar surface area (TPSA) is 61.3 Å². The van der Waals surface area contributed by atoms with Crippen molar-refractivity contribution in [2.45, 2.75) is 130 Å². The third-order valence-electron chi connectivity index (χ3n) is 12.6. The summed E-state index contributed by atoms with van der Waals surface area (Å²) in [7, 11) is 0. The molecule has 208 valence electrons. The molecule has 11 unspecified atom stereocenters. The number of fused-ring (bicyclic) bond motifs is 5. The van der Waals surface area contributed by atoms with E-state index >= 15 is 0 Å². The SMILES string of the molecule is CC(C)=CCCC(C)C1CCC2C3CCC4CC(OC5(C)C=CC(N)=CC5N)CCC4(C)C3CCC12C. The summed E-state index contributed by atoms with van der Waals surface area (Å²) in [6.45, 7) is 14.6. The van der Waals surface area contributed by atoms with E-state index in [-0.39, 0.29) is 6.04 Å². The lowest BCUT2D eigenvalue weighted by molar-refractivity contribution is -0.154. The molecule has 3 heteroatoms. The van der Waals surface area contributed by atoms with Gasteiger partial charge in [-0.2, -0.15) is 0 Å². The van der Waals surface area contributed by atoms with Gasteiger partial charge in [0, 0.05) is 5.70 Å². The molecule has 4 fully saturated rings. The van der Waals surface area contributed by atoms with Crippen molar-refractivity contribution in [3.63, 3.8) is 0 Å². The summed E-state index contributed by atoms with van der Waals surface area (Å²) in [6, 6.07) is -0.169. The summed E-state index contributed by atoms with van der Waals surface area (Å²) in [4.78, 5) is 0. The molecule has 0 amide bonds. The van der Waals surface area contributed by atoms with E-state index < -0.39 is 5.60 Å². The van der Waals surface area contributed by atoms with Gasteiger partial charge in [-0.05, 0) is 156 Å². The van der Waals surface area contributed by atoms with Crippen LogP contribution in [0.15, 0.2) is 35.6 Å². The minimum absolute atomic E-state index is 0.169. The zero-order valence-electron chi connectivity index (χ0n) is 24.8. The van der Waals surface area contributed by atoms with Crippen LogP contribution in [0.4, 0.5) is 0 Å². The minimum Gasteiger partial charge on any atom is -0.399 e. The third kappa shape index (κ3) is 4.90. The number of hydrogen-bond donors (Lipinski definition) is 2. The molecule has 0 spiro atoms. The summed E-state index contributed by atoms with van der Waals surface area (Å²) in [6.07, 6.45) is 23.9. The van der Waals surface area contributed by atoms with Gasteiger partial charge in [0.05, 0.1) is 12.1 Å². The Labute approximate surface area is 227 Å². The summed E-state index contributed by atoms with van der Waals surface area (Å²) in [5, 5.41) is 0. The van der Waals surface area contributed by atoms with Crippen molar-refractivity contribution in [2.24, 2.45) is 57.8 Å². The molecular formula is C34H56N2O. The minimum atomic E-state index is -0.438. The zero-order chi connectivity index (χ0) is 26.6. The van der Waals surface area contributed by atoms with Crippen LogP contribution in [0.3, 0.4) is 0 Å². The number of ether oxygens (including phenoxy) is 1. The molecule has 0 saturated heterocycles. The molecule has 5 aliphatic carbocycles. The Bertz CT molecular complexity index is 932. The molecule has 0 aromatic rings. The molecule has 0 aliphatic heterocycles. The second-order valence-corrected chi connectivity index (χ2v) is 14.9. The predicted octanol–water partition coefficient (Wildman–Crippen LogP) is 7.91. The maximum atomic E-state index is 6.77. The normalized spacial score (nSPS) is 47.9. The molecule has 0 heterocycles. The van der Waals surface area contributed by atoms with Gasteiger partial charge in [0.2, 0.25) is 0 Å². The molecular weight excluding hydrogens is 452 g/mol. The highest BCUT2D eigenvalue weighted by Gasteiger charge is 2.60. The van der Waals surface area contributed by atoms with Gasteiger partial charge >= 0.3 is 0 Å². The van der Waals surface area contributed by atoms with Gasteiger partial charge in [0.15, 0.2) is 0 Å². The van der Waals surface area contributed by atoms with Crippen LogP contribution in [-0.2, 0) is 4.74 Å². The Balaban J connectivity index is 1.24. The average molecular weight is 509 g/mol. The van der Waals surface area contributed by atoms with E-state index in [0.717, 1.165) is 41.2 Å². The van der Waals surface area contributed by atoms with Gasteiger partial charge in [-0.3, -0.25) is 0 Å². The molecule has 0 bridgehead atoms. The van der Waals surface area contributed by atoms with Gasteiger partial charge in [-0.15, -0.1) is 0 Å². The van der Waals surface area contributed by atoms with Gasteiger partial charge in [-0.1, -0.05) is 32.4 Å². The largest absolute Gasteiger partial charge is 0.399 e. The maximum Gasteiger partial charge on any atom is 0.103 e. The van der Waals surface area contributed by atoms with Crippen molar-refractivity contribution >= 4 is 0 Å². The predicted molar refractivity (Wildman–Crippen MR) is 156 cm³/mol. The van der Waals surface area contributed by atoms with Crippen molar-refractivity contribution in [3.05, 3.63) is 35.6 Å². The van der Waals surface area contributed by atoms with Crippen LogP contribution < -0.4 is 11.5 Å². The van der Waals surface area contributed by atoms with Crippen LogP contribution in [0.25, 0.3) is 0 Å². The van der Waals surface area contributed by atoms with Crippen LogP contribution in [0.1, 0.15) is 112 Å². The maximum absolute atomic E-state index is 6.77. The first-order valence-corrected chi connectivity index (χ1v) is 15.7. The Morgan fingerprint density at radius 2 is 1.76 bits per heavy atom. The van der Waals surface area contributed by atoms with Crippen LogP contribution in [0, 0.1) is 46.3 Å². The molecule has 4 saturated carbocycles. The highest BCUT2D eigenvalue weighted by molar-refractivity contribution is 5.30. The quantitative estimate of drug-likeness (QED) is 0.358. The Hall–Kier alpha value is -1.06. The van der Waals surface area contributed by atoms with E-state index in [1.165, 1.54) is 76.2 Å². The molecule has 3 nitrogen and oxygen atoms in total. The lowest BCUT2D eigenvalue weighted by Gasteiger charge is -2.61. The molecule has 0 aromatic carbocycles. The van der Waals surface area contributed by atoms with Gasteiger partial charge in [0.1, 0.15) is 5.60 Å². The fraction of sp³-hybridized carbons (Fsp3) is 0.824. The van der Waals surface area contributed by atoms with E-state index in [2.05, 4.69) is 53.7 Å². The molecule has 5 rings (SSSR count). The van der Waals surface area contributed by atoms with Crippen molar-refractivity contribution in [3.8, 4) is 0 Å². The summed E-state index contributed by atoms with van der Waals surface area (Å²) < 4.78 is 6.77. The first-order valence-electron chi connectivity index (χ1n) is 15.7. The van der Waals surface area contributed by atoms with Gasteiger partial charge in [0.25, 0.3) is 0 Å². The first kappa shape index (κ1) is 27.5. The number of hydrogen-bond acceptors (Lipinski definition) is 3. The lowest BCUT2D eigenvalue weighted by Crippen LogP contribution is -2.55. The van der Waals surface area contributed by atoms with Crippen molar-refractivity contribution in [1.29, 1.82) is 0 Å². The summed E-state index contributed by atoms with van der Waals surface area (Å²) in [5.74, 6) is 5.40. The van der Waals surface area contributed by atoms with E-state index in [9.17, 15) is 0 Å². The molecule has 37 heavy (non-hydrogen) atoms. The van der Waals surface area contributed by atoms with E-state index in [0.29, 0.717) is 16.9 Å². The van der Waals surface area contributed by atoms with Gasteiger partial charge in [-0.25, -0.2) is 0 Å². The molecule has 4 N–H and O–H groups in total. The van der Waals surface area contributed by atoms with Crippen molar-refractivity contribution in [2.75, 3.05) is 0 Å². The van der Waals surface area contributed by atoms with Crippen LogP contribution in [0.2, 0.25) is 0 Å². The zero-order valence-corrected chi connectivity index (χ0v) is 24.8. The highest BCUT2D eigenvalue weighted by Crippen LogP contribution is 2.68. The van der Waals surface area contributed by atoms with Gasteiger partial charge < -0.3 is 16.2 Å². The summed E-state index contributed by atoms with van der Waals surface area (Å²) >= 11 is 0. The monoisotopic (exact) mass is 508 g/mol. The second kappa shape index (κ2) is 10.2. The highest BCUT2D eigenvalue weighted by atomic mass is 16.5. The Morgan fingerprint density at radius 3 is 2.49 bits per heavy atom. The first-order chi connectivity index (χ1) is 17.5. The van der Waals surface area contributed by atoms with E-state index in [4.69, 9.17) is 16.2 Å². The van der Waals surface area contributed by atoms with Crippen molar-refractivity contribution < 1.29 is 4.74 Å². The lowest BCUT2D eigenvalue weighted by atomic mass is 9.44. The fourth-order valence-corrected chi connectivity index (χ4v) is 10.4. The van der Waals surface area contributed by atoms with Crippen LogP contribution in [-0.4, -0.2) is 17.7 Å². The van der Waals surface area contributed by atoms with Crippen LogP contribution in [0.5, 0.6) is 0 Å². The third-order valence-corrected chi connectivity index (χ3v) is 12.6. The number of rotatable bonds is 6. The number of allylic oxidation sites excluding steroid dienone is 3. The fourth-order valence-electron chi connectivity index (χ4n) is 10.4. The second-order valence-electron chi connectivity index (χ2n) is 14.9. The molecule has 0 aromatic heterocycles. The molecule has 11 atom stereocenters. The smallest absolute Gasteiger partial charge is 0.103 e.